The van der Waals surface area contributed by atoms with E-state index in [-0.39, 0.29) is 12.1 Å². The monoisotopic (exact) mass is 243 g/mol. The summed E-state index contributed by atoms with van der Waals surface area (Å²) >= 11 is 0. The van der Waals surface area contributed by atoms with Gasteiger partial charge < -0.3 is 15.2 Å². The highest BCUT2D eigenvalue weighted by molar-refractivity contribution is 5.88. The van der Waals surface area contributed by atoms with E-state index in [1.54, 1.807) is 0 Å². The molecular formula is C15H17NO2. The fourth-order valence-corrected chi connectivity index (χ4v) is 2.31. The Balaban J connectivity index is 1.90. The third-order valence-corrected chi connectivity index (χ3v) is 3.38. The topological polar surface area (TPSA) is 44.5 Å². The van der Waals surface area contributed by atoms with Crippen LogP contribution in [0.2, 0.25) is 0 Å². The molecule has 94 valence electrons. The molecule has 2 unspecified atom stereocenters. The second-order valence-electron chi connectivity index (χ2n) is 4.66. The molecule has 2 atom stereocenters. The van der Waals surface area contributed by atoms with Gasteiger partial charge in [-0.25, -0.2) is 0 Å². The highest BCUT2D eigenvalue weighted by atomic mass is 16.5. The molecule has 0 amide bonds. The molecule has 0 spiro atoms. The summed E-state index contributed by atoms with van der Waals surface area (Å²) in [4.78, 5) is 0. The average Bonchev–Trinajstić information content (AvgIpc) is 2.42. The van der Waals surface area contributed by atoms with E-state index in [1.807, 2.05) is 24.3 Å². The van der Waals surface area contributed by atoms with Crippen LogP contribution in [0.25, 0.3) is 10.8 Å². The number of benzene rings is 2. The smallest absolute Gasteiger partial charge is 0.137 e. The van der Waals surface area contributed by atoms with E-state index in [9.17, 15) is 0 Å². The van der Waals surface area contributed by atoms with Crippen LogP contribution in [0.15, 0.2) is 42.5 Å². The SMILES string of the molecule is NC1CCOCC1Oc1cccc2ccccc12. The molecule has 0 radical (unpaired) electrons. The van der Waals surface area contributed by atoms with Crippen LogP contribution in [-0.4, -0.2) is 25.4 Å². The Morgan fingerprint density at radius 3 is 2.83 bits per heavy atom. The van der Waals surface area contributed by atoms with Gasteiger partial charge in [-0.2, -0.15) is 0 Å². The quantitative estimate of drug-likeness (QED) is 0.880. The zero-order valence-corrected chi connectivity index (χ0v) is 10.2. The van der Waals surface area contributed by atoms with Crippen molar-refractivity contribution >= 4 is 10.8 Å². The lowest BCUT2D eigenvalue weighted by atomic mass is 10.1. The number of hydrogen-bond acceptors (Lipinski definition) is 3. The zero-order valence-electron chi connectivity index (χ0n) is 10.2. The molecule has 3 rings (SSSR count). The van der Waals surface area contributed by atoms with Gasteiger partial charge in [-0.05, 0) is 17.9 Å². The number of rotatable bonds is 2. The maximum absolute atomic E-state index is 6.07. The highest BCUT2D eigenvalue weighted by Gasteiger charge is 2.24. The Kier molecular flexibility index (Phi) is 3.17. The fraction of sp³-hybridized carbons (Fsp3) is 0.333. The van der Waals surface area contributed by atoms with Crippen LogP contribution >= 0.6 is 0 Å². The number of nitrogens with two attached hydrogens (primary N) is 1. The Hall–Kier alpha value is -1.58. The molecule has 2 N–H and O–H groups in total. The van der Waals surface area contributed by atoms with Crippen molar-refractivity contribution in [2.75, 3.05) is 13.2 Å². The van der Waals surface area contributed by atoms with Crippen LogP contribution in [0.5, 0.6) is 5.75 Å². The van der Waals surface area contributed by atoms with E-state index in [0.717, 1.165) is 24.2 Å². The molecule has 0 saturated carbocycles. The lowest BCUT2D eigenvalue weighted by Gasteiger charge is -2.29. The van der Waals surface area contributed by atoms with E-state index in [1.165, 1.54) is 5.39 Å². The largest absolute Gasteiger partial charge is 0.486 e. The van der Waals surface area contributed by atoms with E-state index >= 15 is 0 Å². The van der Waals surface area contributed by atoms with Crippen molar-refractivity contribution in [1.82, 2.24) is 0 Å². The van der Waals surface area contributed by atoms with Crippen LogP contribution in [-0.2, 0) is 4.74 Å². The Bertz CT molecular complexity index is 536. The van der Waals surface area contributed by atoms with Crippen LogP contribution < -0.4 is 10.5 Å². The van der Waals surface area contributed by atoms with E-state index in [0.29, 0.717) is 6.61 Å². The van der Waals surface area contributed by atoms with Crippen molar-refractivity contribution in [3.63, 3.8) is 0 Å². The van der Waals surface area contributed by atoms with Crippen molar-refractivity contribution in [3.05, 3.63) is 42.5 Å². The van der Waals surface area contributed by atoms with E-state index < -0.39 is 0 Å². The lowest BCUT2D eigenvalue weighted by Crippen LogP contribution is -2.46. The predicted molar refractivity (Wildman–Crippen MR) is 71.8 cm³/mol. The minimum atomic E-state index is -0.0513. The molecule has 1 aliphatic heterocycles. The minimum Gasteiger partial charge on any atom is -0.486 e. The molecule has 0 aliphatic carbocycles. The summed E-state index contributed by atoms with van der Waals surface area (Å²) in [5.74, 6) is 0.888. The Labute approximate surface area is 106 Å². The third-order valence-electron chi connectivity index (χ3n) is 3.38. The Morgan fingerprint density at radius 2 is 1.94 bits per heavy atom. The van der Waals surface area contributed by atoms with E-state index in [4.69, 9.17) is 15.2 Å². The fourth-order valence-electron chi connectivity index (χ4n) is 2.31. The molecule has 1 heterocycles. The number of ether oxygens (including phenoxy) is 2. The van der Waals surface area contributed by atoms with Crippen molar-refractivity contribution in [2.45, 2.75) is 18.6 Å². The summed E-state index contributed by atoms with van der Waals surface area (Å²) in [5, 5.41) is 2.30. The van der Waals surface area contributed by atoms with Crippen molar-refractivity contribution in [2.24, 2.45) is 5.73 Å². The standard InChI is InChI=1S/C15H17NO2/c16-13-8-9-17-10-15(13)18-14-7-3-5-11-4-1-2-6-12(11)14/h1-7,13,15H,8-10,16H2. The first-order valence-electron chi connectivity index (χ1n) is 6.32. The maximum Gasteiger partial charge on any atom is 0.137 e. The van der Waals surface area contributed by atoms with Crippen LogP contribution in [0, 0.1) is 0 Å². The molecule has 3 nitrogen and oxygen atoms in total. The molecule has 3 heteroatoms. The van der Waals surface area contributed by atoms with Crippen molar-refractivity contribution in [3.8, 4) is 5.75 Å². The van der Waals surface area contributed by atoms with Gasteiger partial charge in [0, 0.05) is 18.0 Å². The molecule has 1 fully saturated rings. The van der Waals surface area contributed by atoms with Crippen molar-refractivity contribution < 1.29 is 9.47 Å². The minimum absolute atomic E-state index is 0.0513. The first-order valence-corrected chi connectivity index (χ1v) is 6.32. The maximum atomic E-state index is 6.07. The lowest BCUT2D eigenvalue weighted by molar-refractivity contribution is -0.00467. The molecule has 0 bridgehead atoms. The molecule has 1 saturated heterocycles. The predicted octanol–water partition coefficient (Wildman–Crippen LogP) is 2.33. The normalized spacial score (nSPS) is 24.1. The first-order chi connectivity index (χ1) is 8.84. The van der Waals surface area contributed by atoms with Gasteiger partial charge in [0.25, 0.3) is 0 Å². The summed E-state index contributed by atoms with van der Waals surface area (Å²) in [6.45, 7) is 1.31. The van der Waals surface area contributed by atoms with Crippen molar-refractivity contribution in [1.29, 1.82) is 0 Å². The summed E-state index contributed by atoms with van der Waals surface area (Å²) in [5.41, 5.74) is 6.07. The van der Waals surface area contributed by atoms with Crippen LogP contribution in [0.3, 0.4) is 0 Å². The third kappa shape index (κ3) is 2.19. The van der Waals surface area contributed by atoms with Gasteiger partial charge in [0.15, 0.2) is 0 Å². The summed E-state index contributed by atoms with van der Waals surface area (Å²) in [6, 6.07) is 14.3. The van der Waals surface area contributed by atoms with Gasteiger partial charge in [-0.3, -0.25) is 0 Å². The van der Waals surface area contributed by atoms with Gasteiger partial charge in [0.2, 0.25) is 0 Å². The number of hydrogen-bond donors (Lipinski definition) is 1. The van der Waals surface area contributed by atoms with Gasteiger partial charge in [0.05, 0.1) is 6.61 Å². The van der Waals surface area contributed by atoms with Crippen LogP contribution in [0.1, 0.15) is 6.42 Å². The molecular weight excluding hydrogens is 226 g/mol. The summed E-state index contributed by atoms with van der Waals surface area (Å²) in [6.07, 6.45) is 0.805. The van der Waals surface area contributed by atoms with Gasteiger partial charge in [0.1, 0.15) is 11.9 Å². The van der Waals surface area contributed by atoms with E-state index in [2.05, 4.69) is 18.2 Å². The first kappa shape index (κ1) is 11.5. The number of fused-ring (bicyclic) bond motifs is 1. The second-order valence-corrected chi connectivity index (χ2v) is 4.66. The molecule has 18 heavy (non-hydrogen) atoms. The zero-order chi connectivity index (χ0) is 12.4. The Morgan fingerprint density at radius 1 is 1.11 bits per heavy atom. The second kappa shape index (κ2) is 4.96. The summed E-state index contributed by atoms with van der Waals surface area (Å²) in [7, 11) is 0. The highest BCUT2D eigenvalue weighted by Crippen LogP contribution is 2.27. The summed E-state index contributed by atoms with van der Waals surface area (Å²) < 4.78 is 11.5. The average molecular weight is 243 g/mol. The van der Waals surface area contributed by atoms with Gasteiger partial charge >= 0.3 is 0 Å². The van der Waals surface area contributed by atoms with Gasteiger partial charge in [-0.15, -0.1) is 0 Å². The van der Waals surface area contributed by atoms with Gasteiger partial charge in [-0.1, -0.05) is 36.4 Å². The molecule has 2 aromatic carbocycles. The molecule has 1 aliphatic rings. The van der Waals surface area contributed by atoms with Crippen LogP contribution in [0.4, 0.5) is 0 Å². The molecule has 0 aromatic heterocycles. The molecule has 2 aromatic rings.